The van der Waals surface area contributed by atoms with Crippen molar-refractivity contribution in [3.8, 4) is 0 Å². The van der Waals surface area contributed by atoms with Gasteiger partial charge in [0.2, 0.25) is 0 Å². The number of urea groups is 1. The summed E-state index contributed by atoms with van der Waals surface area (Å²) in [5.74, 6) is 0. The Balaban J connectivity index is 1.57. The van der Waals surface area contributed by atoms with E-state index in [9.17, 15) is 4.79 Å². The number of imidazole rings is 1. The van der Waals surface area contributed by atoms with Gasteiger partial charge in [-0.25, -0.2) is 9.78 Å². The minimum Gasteiger partial charge on any atom is -0.367 e. The fraction of sp³-hybridized carbons (Fsp3) is 0.526. The van der Waals surface area contributed by atoms with E-state index >= 15 is 0 Å². The van der Waals surface area contributed by atoms with Gasteiger partial charge < -0.3 is 19.7 Å². The van der Waals surface area contributed by atoms with Crippen molar-refractivity contribution in [1.29, 1.82) is 0 Å². The van der Waals surface area contributed by atoms with Crippen molar-refractivity contribution in [2.24, 2.45) is 5.41 Å². The minimum atomic E-state index is -0.0442. The number of amides is 2. The number of nitrogens with zero attached hydrogens (tertiary/aromatic N) is 5. The molecule has 0 saturated carbocycles. The molecule has 1 atom stereocenters. The molecule has 7 heteroatoms. The molecule has 0 unspecified atom stereocenters. The van der Waals surface area contributed by atoms with Crippen molar-refractivity contribution in [3.05, 3.63) is 43.2 Å². The Hall–Kier alpha value is -2.57. The Morgan fingerprint density at radius 3 is 2.54 bits per heavy atom. The predicted octanol–water partition coefficient (Wildman–Crippen LogP) is 2.22. The maximum absolute atomic E-state index is 12.8. The zero-order chi connectivity index (χ0) is 18.6. The smallest absolute Gasteiger partial charge is 0.317 e. The van der Waals surface area contributed by atoms with Crippen LogP contribution in [0.15, 0.2) is 43.2 Å². The second kappa shape index (κ2) is 7.76. The summed E-state index contributed by atoms with van der Waals surface area (Å²) in [5.41, 5.74) is 1.07. The fourth-order valence-corrected chi connectivity index (χ4v) is 3.09. The first-order valence-corrected chi connectivity index (χ1v) is 9.09. The van der Waals surface area contributed by atoms with Gasteiger partial charge in [0.05, 0.1) is 24.3 Å². The van der Waals surface area contributed by atoms with Crippen molar-refractivity contribution in [3.63, 3.8) is 0 Å². The molecule has 1 N–H and O–H groups in total. The zero-order valence-electron chi connectivity index (χ0n) is 15.8. The van der Waals surface area contributed by atoms with Crippen LogP contribution in [0.5, 0.6) is 0 Å². The first-order valence-electron chi connectivity index (χ1n) is 9.09. The van der Waals surface area contributed by atoms with E-state index in [1.54, 1.807) is 18.7 Å². The Labute approximate surface area is 155 Å². The maximum Gasteiger partial charge on any atom is 0.317 e. The third kappa shape index (κ3) is 4.53. The number of pyridine rings is 1. The van der Waals surface area contributed by atoms with Gasteiger partial charge in [0, 0.05) is 51.3 Å². The normalized spacial score (nSPS) is 16.4. The lowest BCUT2D eigenvalue weighted by atomic mass is 9.86. The summed E-state index contributed by atoms with van der Waals surface area (Å²) in [6, 6.07) is 4.04. The summed E-state index contributed by atoms with van der Waals surface area (Å²) in [5, 5.41) is 3.23. The number of piperazine rings is 1. The number of anilines is 1. The number of carbonyl (C=O) groups excluding carboxylic acids is 1. The number of rotatable bonds is 4. The van der Waals surface area contributed by atoms with Gasteiger partial charge in [-0.2, -0.15) is 0 Å². The van der Waals surface area contributed by atoms with Gasteiger partial charge in [0.15, 0.2) is 0 Å². The lowest BCUT2D eigenvalue weighted by molar-refractivity contribution is 0.171. The molecule has 3 rings (SSSR count). The van der Waals surface area contributed by atoms with Crippen LogP contribution in [0, 0.1) is 5.41 Å². The molecule has 1 saturated heterocycles. The standard InChI is InChI=1S/C19H28N6O/c1-19(2,3)17(14-23-8-7-21-15-23)22-18(26)25-11-9-24(10-12-25)16-5-4-6-20-13-16/h4-8,13,15,17H,9-12,14H2,1-3H3,(H,22,26)/t17-/m1/s1. The lowest BCUT2D eigenvalue weighted by Crippen LogP contribution is -2.56. The number of hydrogen-bond donors (Lipinski definition) is 1. The number of aromatic nitrogens is 3. The van der Waals surface area contributed by atoms with Crippen LogP contribution < -0.4 is 10.2 Å². The van der Waals surface area contributed by atoms with E-state index < -0.39 is 0 Å². The van der Waals surface area contributed by atoms with Crippen LogP contribution in [0.4, 0.5) is 10.5 Å². The van der Waals surface area contributed by atoms with Gasteiger partial charge in [-0.1, -0.05) is 20.8 Å². The van der Waals surface area contributed by atoms with E-state index in [2.05, 4.69) is 47.0 Å². The van der Waals surface area contributed by atoms with E-state index in [-0.39, 0.29) is 17.5 Å². The third-order valence-electron chi connectivity index (χ3n) is 4.87. The molecule has 2 aromatic heterocycles. The number of carbonyl (C=O) groups is 1. The molecule has 0 spiro atoms. The Morgan fingerprint density at radius 2 is 1.96 bits per heavy atom. The van der Waals surface area contributed by atoms with Gasteiger partial charge in [-0.3, -0.25) is 4.98 Å². The lowest BCUT2D eigenvalue weighted by Gasteiger charge is -2.38. The fourth-order valence-electron chi connectivity index (χ4n) is 3.09. The minimum absolute atomic E-state index is 0.0101. The summed E-state index contributed by atoms with van der Waals surface area (Å²) >= 11 is 0. The first-order chi connectivity index (χ1) is 12.4. The average molecular weight is 356 g/mol. The van der Waals surface area contributed by atoms with Gasteiger partial charge in [-0.05, 0) is 17.5 Å². The molecule has 7 nitrogen and oxygen atoms in total. The average Bonchev–Trinajstić information content (AvgIpc) is 3.14. The Morgan fingerprint density at radius 1 is 1.19 bits per heavy atom. The topological polar surface area (TPSA) is 66.3 Å². The largest absolute Gasteiger partial charge is 0.367 e. The van der Waals surface area contributed by atoms with Crippen LogP contribution in [0.25, 0.3) is 0 Å². The van der Waals surface area contributed by atoms with Crippen molar-refractivity contribution < 1.29 is 4.79 Å². The Bertz CT molecular complexity index is 687. The van der Waals surface area contributed by atoms with Gasteiger partial charge in [0.1, 0.15) is 0 Å². The number of hydrogen-bond acceptors (Lipinski definition) is 4. The SMILES string of the molecule is CC(C)(C)[C@@H](Cn1ccnc1)NC(=O)N1CCN(c2cccnc2)CC1. The van der Waals surface area contributed by atoms with E-state index in [0.717, 1.165) is 18.8 Å². The molecule has 26 heavy (non-hydrogen) atoms. The third-order valence-corrected chi connectivity index (χ3v) is 4.87. The highest BCUT2D eigenvalue weighted by Crippen LogP contribution is 2.21. The summed E-state index contributed by atoms with van der Waals surface area (Å²) in [6.45, 7) is 10.2. The highest BCUT2D eigenvalue weighted by molar-refractivity contribution is 5.75. The first kappa shape index (κ1) is 18.2. The van der Waals surface area contributed by atoms with E-state index in [4.69, 9.17) is 0 Å². The van der Waals surface area contributed by atoms with E-state index in [1.807, 2.05) is 27.9 Å². The monoisotopic (exact) mass is 356 g/mol. The molecule has 1 aliphatic heterocycles. The highest BCUT2D eigenvalue weighted by Gasteiger charge is 2.29. The molecule has 0 aliphatic carbocycles. The summed E-state index contributed by atoms with van der Waals surface area (Å²) in [6.07, 6.45) is 9.13. The molecular weight excluding hydrogens is 328 g/mol. The molecule has 2 amide bonds. The van der Waals surface area contributed by atoms with Crippen LogP contribution in [0.3, 0.4) is 0 Å². The summed E-state index contributed by atoms with van der Waals surface area (Å²) in [4.78, 5) is 25.2. The zero-order valence-corrected chi connectivity index (χ0v) is 15.8. The molecule has 0 aromatic carbocycles. The van der Waals surface area contributed by atoms with Crippen LogP contribution in [-0.2, 0) is 6.54 Å². The van der Waals surface area contributed by atoms with Crippen LogP contribution in [-0.4, -0.2) is 57.7 Å². The highest BCUT2D eigenvalue weighted by atomic mass is 16.2. The maximum atomic E-state index is 12.8. The van der Waals surface area contributed by atoms with Gasteiger partial charge >= 0.3 is 6.03 Å². The van der Waals surface area contributed by atoms with E-state index in [0.29, 0.717) is 19.6 Å². The summed E-state index contributed by atoms with van der Waals surface area (Å²) in [7, 11) is 0. The van der Waals surface area contributed by atoms with Crippen LogP contribution >= 0.6 is 0 Å². The van der Waals surface area contributed by atoms with Crippen molar-refractivity contribution in [1.82, 2.24) is 24.8 Å². The van der Waals surface area contributed by atoms with Gasteiger partial charge in [-0.15, -0.1) is 0 Å². The van der Waals surface area contributed by atoms with Crippen molar-refractivity contribution in [2.45, 2.75) is 33.4 Å². The molecule has 0 radical (unpaired) electrons. The Kier molecular flexibility index (Phi) is 5.44. The molecule has 140 valence electrons. The van der Waals surface area contributed by atoms with Crippen molar-refractivity contribution in [2.75, 3.05) is 31.1 Å². The van der Waals surface area contributed by atoms with Crippen molar-refractivity contribution >= 4 is 11.7 Å². The molecule has 1 aliphatic rings. The van der Waals surface area contributed by atoms with Crippen LogP contribution in [0.1, 0.15) is 20.8 Å². The number of nitrogens with one attached hydrogen (secondary N) is 1. The molecule has 2 aromatic rings. The molecule has 1 fully saturated rings. The van der Waals surface area contributed by atoms with Crippen LogP contribution in [0.2, 0.25) is 0 Å². The molecule has 3 heterocycles. The molecular formula is C19H28N6O. The summed E-state index contributed by atoms with van der Waals surface area (Å²) < 4.78 is 2.01. The van der Waals surface area contributed by atoms with Gasteiger partial charge in [0.25, 0.3) is 0 Å². The molecule has 0 bridgehead atoms. The second-order valence-electron chi connectivity index (χ2n) is 7.81. The quantitative estimate of drug-likeness (QED) is 0.912. The van der Waals surface area contributed by atoms with E-state index in [1.165, 1.54) is 0 Å². The second-order valence-corrected chi connectivity index (χ2v) is 7.81. The predicted molar refractivity (Wildman–Crippen MR) is 102 cm³/mol.